The Morgan fingerprint density at radius 2 is 2.00 bits per heavy atom. The second-order valence-electron chi connectivity index (χ2n) is 5.74. The summed E-state index contributed by atoms with van der Waals surface area (Å²) in [7, 11) is -3.13. The van der Waals surface area contributed by atoms with Crippen molar-refractivity contribution in [3.8, 4) is 0 Å². The number of H-pyrrole nitrogens is 1. The Bertz CT molecular complexity index is 864. The molecule has 148 valence electrons. The molecule has 0 saturated carbocycles. The SMILES string of the molecule is [C-]#[N+]CCN(CCn1cnc2c(=O)[nH]cnc21)CCP(=O)(OCC)OCC. The second kappa shape index (κ2) is 10.3. The zero-order chi connectivity index (χ0) is 19.7. The summed E-state index contributed by atoms with van der Waals surface area (Å²) < 4.78 is 25.1. The third-order valence-electron chi connectivity index (χ3n) is 3.93. The van der Waals surface area contributed by atoms with Crippen LogP contribution in [-0.4, -0.2) is 70.0 Å². The lowest BCUT2D eigenvalue weighted by Crippen LogP contribution is -2.32. The van der Waals surface area contributed by atoms with E-state index >= 15 is 0 Å². The predicted molar refractivity (Wildman–Crippen MR) is 102 cm³/mol. The Kier molecular flexibility index (Phi) is 8.13. The molecule has 0 spiro atoms. The Balaban J connectivity index is 2.03. The van der Waals surface area contributed by atoms with E-state index in [9.17, 15) is 9.36 Å². The number of rotatable bonds is 12. The van der Waals surface area contributed by atoms with Gasteiger partial charge in [-0.3, -0.25) is 14.3 Å². The van der Waals surface area contributed by atoms with Crippen molar-refractivity contribution < 1.29 is 13.6 Å². The lowest BCUT2D eigenvalue weighted by Gasteiger charge is -2.23. The molecule has 0 bridgehead atoms. The summed E-state index contributed by atoms with van der Waals surface area (Å²) in [6.07, 6.45) is 3.18. The van der Waals surface area contributed by atoms with Crippen LogP contribution in [0.4, 0.5) is 0 Å². The van der Waals surface area contributed by atoms with Gasteiger partial charge in [0.2, 0.25) is 6.54 Å². The number of aromatic amines is 1. The van der Waals surface area contributed by atoms with Crippen molar-refractivity contribution in [3.05, 3.63) is 34.4 Å². The van der Waals surface area contributed by atoms with Crippen molar-refractivity contribution in [2.75, 3.05) is 45.6 Å². The number of nitrogens with zero attached hydrogens (tertiary/aromatic N) is 5. The summed E-state index contributed by atoms with van der Waals surface area (Å²) in [5, 5.41) is 0. The molecule has 2 aromatic rings. The van der Waals surface area contributed by atoms with E-state index in [1.807, 2.05) is 4.90 Å². The van der Waals surface area contributed by atoms with Crippen LogP contribution in [-0.2, 0) is 20.2 Å². The average molecular weight is 396 g/mol. The van der Waals surface area contributed by atoms with Crippen LogP contribution in [0.1, 0.15) is 13.8 Å². The van der Waals surface area contributed by atoms with Crippen molar-refractivity contribution in [2.45, 2.75) is 20.4 Å². The van der Waals surface area contributed by atoms with Crippen LogP contribution in [0.5, 0.6) is 0 Å². The van der Waals surface area contributed by atoms with E-state index < -0.39 is 7.60 Å². The predicted octanol–water partition coefficient (Wildman–Crippen LogP) is 1.61. The Morgan fingerprint density at radius 1 is 1.26 bits per heavy atom. The maximum Gasteiger partial charge on any atom is 0.331 e. The van der Waals surface area contributed by atoms with Gasteiger partial charge in [-0.25, -0.2) is 16.5 Å². The van der Waals surface area contributed by atoms with Gasteiger partial charge in [0.25, 0.3) is 5.56 Å². The zero-order valence-corrected chi connectivity index (χ0v) is 16.5. The van der Waals surface area contributed by atoms with Crippen LogP contribution in [0.15, 0.2) is 17.4 Å². The highest BCUT2D eigenvalue weighted by molar-refractivity contribution is 7.53. The van der Waals surface area contributed by atoms with Crippen molar-refractivity contribution in [1.82, 2.24) is 24.4 Å². The number of imidazole rings is 1. The molecule has 0 unspecified atom stereocenters. The molecule has 1 N–H and O–H groups in total. The zero-order valence-electron chi connectivity index (χ0n) is 15.6. The number of aromatic nitrogens is 4. The van der Waals surface area contributed by atoms with Crippen LogP contribution in [0.3, 0.4) is 0 Å². The molecule has 11 heteroatoms. The monoisotopic (exact) mass is 396 g/mol. The molecule has 0 saturated heterocycles. The molecule has 0 radical (unpaired) electrons. The first-order chi connectivity index (χ1) is 13.0. The molecule has 0 aliphatic rings. The molecule has 2 aromatic heterocycles. The van der Waals surface area contributed by atoms with E-state index in [2.05, 4.69) is 19.8 Å². The summed E-state index contributed by atoms with van der Waals surface area (Å²) in [6, 6.07) is 0. The Labute approximate surface area is 157 Å². The topological polar surface area (TPSA) is 107 Å². The smallest absolute Gasteiger partial charge is 0.316 e. The normalized spacial score (nSPS) is 11.9. The van der Waals surface area contributed by atoms with E-state index in [4.69, 9.17) is 15.6 Å². The van der Waals surface area contributed by atoms with Crippen molar-refractivity contribution in [1.29, 1.82) is 0 Å². The van der Waals surface area contributed by atoms with Gasteiger partial charge in [-0.15, -0.1) is 0 Å². The van der Waals surface area contributed by atoms with E-state index in [0.717, 1.165) is 0 Å². The van der Waals surface area contributed by atoms with Crippen LogP contribution < -0.4 is 5.56 Å². The van der Waals surface area contributed by atoms with Crippen molar-refractivity contribution in [3.63, 3.8) is 0 Å². The van der Waals surface area contributed by atoms with E-state index in [0.29, 0.717) is 57.1 Å². The van der Waals surface area contributed by atoms with Crippen molar-refractivity contribution in [2.24, 2.45) is 0 Å². The average Bonchev–Trinajstić information content (AvgIpc) is 3.06. The fourth-order valence-electron chi connectivity index (χ4n) is 2.66. The van der Waals surface area contributed by atoms with Gasteiger partial charge in [0.05, 0.1) is 38.6 Å². The molecule has 10 nitrogen and oxygen atoms in total. The lowest BCUT2D eigenvalue weighted by molar-refractivity contribution is 0.212. The molecular formula is C16H25N6O4P. The van der Waals surface area contributed by atoms with Crippen LogP contribution in [0.2, 0.25) is 0 Å². The fourth-order valence-corrected chi connectivity index (χ4v) is 4.30. The van der Waals surface area contributed by atoms with Crippen LogP contribution in [0.25, 0.3) is 16.0 Å². The van der Waals surface area contributed by atoms with E-state index in [1.165, 1.54) is 6.33 Å². The first-order valence-corrected chi connectivity index (χ1v) is 10.6. The fraction of sp³-hybridized carbons (Fsp3) is 0.625. The molecule has 2 heterocycles. The van der Waals surface area contributed by atoms with Crippen molar-refractivity contribution >= 4 is 18.8 Å². The minimum absolute atomic E-state index is 0.259. The van der Waals surface area contributed by atoms with E-state index in [1.54, 1.807) is 24.7 Å². The second-order valence-corrected chi connectivity index (χ2v) is 7.92. The molecular weight excluding hydrogens is 371 g/mol. The van der Waals surface area contributed by atoms with Gasteiger partial charge < -0.3 is 23.4 Å². The molecule has 0 fully saturated rings. The van der Waals surface area contributed by atoms with Gasteiger partial charge in [0.1, 0.15) is 0 Å². The highest BCUT2D eigenvalue weighted by atomic mass is 31.2. The van der Waals surface area contributed by atoms with E-state index in [-0.39, 0.29) is 11.7 Å². The first-order valence-electron chi connectivity index (χ1n) is 8.85. The highest BCUT2D eigenvalue weighted by Gasteiger charge is 2.24. The number of hydrogen-bond acceptors (Lipinski definition) is 7. The molecule has 0 aromatic carbocycles. The highest BCUT2D eigenvalue weighted by Crippen LogP contribution is 2.47. The maximum absolute atomic E-state index is 12.6. The number of fused-ring (bicyclic) bond motifs is 1. The molecule has 0 aliphatic carbocycles. The minimum Gasteiger partial charge on any atom is -0.316 e. The van der Waals surface area contributed by atoms with Gasteiger partial charge in [-0.2, -0.15) is 0 Å². The van der Waals surface area contributed by atoms with Crippen LogP contribution in [0, 0.1) is 6.57 Å². The molecule has 0 aliphatic heterocycles. The number of hydrogen-bond donors (Lipinski definition) is 1. The summed E-state index contributed by atoms with van der Waals surface area (Å²) in [6.45, 7) is 13.7. The van der Waals surface area contributed by atoms with Gasteiger partial charge in [-0.1, -0.05) is 0 Å². The summed E-state index contributed by atoms with van der Waals surface area (Å²) >= 11 is 0. The van der Waals surface area contributed by atoms with Gasteiger partial charge in [0.15, 0.2) is 11.2 Å². The van der Waals surface area contributed by atoms with Crippen LogP contribution >= 0.6 is 7.60 Å². The van der Waals surface area contributed by atoms with Gasteiger partial charge in [-0.05, 0) is 13.8 Å². The molecule has 0 atom stereocenters. The third kappa shape index (κ3) is 5.97. The van der Waals surface area contributed by atoms with Gasteiger partial charge >= 0.3 is 7.60 Å². The van der Waals surface area contributed by atoms with Gasteiger partial charge in [0, 0.05) is 19.6 Å². The summed E-state index contributed by atoms with van der Waals surface area (Å²) in [5.74, 6) is 0. The maximum atomic E-state index is 12.6. The molecule has 27 heavy (non-hydrogen) atoms. The quantitative estimate of drug-likeness (QED) is 0.429. The Morgan fingerprint density at radius 3 is 2.67 bits per heavy atom. The largest absolute Gasteiger partial charge is 0.331 e. The first kappa shape index (κ1) is 21.3. The summed E-state index contributed by atoms with van der Waals surface area (Å²) in [5.41, 5.74) is 0.526. The Hall–Kier alpha value is -2.05. The number of nitrogens with one attached hydrogen (secondary N) is 1. The third-order valence-corrected chi connectivity index (χ3v) is 5.99. The summed E-state index contributed by atoms with van der Waals surface area (Å²) in [4.78, 5) is 27.9. The lowest BCUT2D eigenvalue weighted by atomic mass is 10.4. The minimum atomic E-state index is -3.13. The standard InChI is InChI=1S/C16H25N6O4P/c1-4-25-27(24,26-5-2)11-10-21(7-6-17-3)8-9-22-13-20-14-15(22)18-12-19-16(14)23/h12-13H,4-11H2,1-2H3,(H,18,19,23). The molecule has 0 amide bonds. The molecule has 2 rings (SSSR count).